The van der Waals surface area contributed by atoms with Gasteiger partial charge in [0, 0.05) is 27.7 Å². The fourth-order valence-electron chi connectivity index (χ4n) is 3.28. The van der Waals surface area contributed by atoms with Gasteiger partial charge >= 0.3 is 23.9 Å². The highest BCUT2D eigenvalue weighted by Crippen LogP contribution is 2.30. The maximum Gasteiger partial charge on any atom is 0.303 e. The van der Waals surface area contributed by atoms with Crippen LogP contribution < -0.4 is 0 Å². The van der Waals surface area contributed by atoms with E-state index >= 15 is 0 Å². The van der Waals surface area contributed by atoms with Crippen molar-refractivity contribution in [3.63, 3.8) is 0 Å². The molecule has 2 saturated heterocycles. The predicted molar refractivity (Wildman–Crippen MR) is 99.9 cm³/mol. The number of hydrogen-bond donors (Lipinski definition) is 0. The Morgan fingerprint density at radius 3 is 1.97 bits per heavy atom. The van der Waals surface area contributed by atoms with Crippen molar-refractivity contribution in [1.82, 2.24) is 5.01 Å². The van der Waals surface area contributed by atoms with E-state index in [1.807, 2.05) is 0 Å². The van der Waals surface area contributed by atoms with Gasteiger partial charge in [0.25, 0.3) is 6.29 Å². The summed E-state index contributed by atoms with van der Waals surface area (Å²) in [5, 5.41) is 17.0. The molecule has 0 aromatic rings. The van der Waals surface area contributed by atoms with E-state index in [1.165, 1.54) is 5.01 Å². The van der Waals surface area contributed by atoms with Crippen molar-refractivity contribution in [2.75, 3.05) is 19.7 Å². The fourth-order valence-corrected chi connectivity index (χ4v) is 3.28. The number of hydrogen-bond acceptors (Lipinski definition) is 12. The second-order valence-corrected chi connectivity index (χ2v) is 7.17. The summed E-state index contributed by atoms with van der Waals surface area (Å²) in [5.41, 5.74) is 0. The summed E-state index contributed by atoms with van der Waals surface area (Å²) in [6.45, 7) is 5.00. The van der Waals surface area contributed by atoms with Crippen LogP contribution in [0.25, 0.3) is 0 Å². The van der Waals surface area contributed by atoms with Gasteiger partial charge < -0.3 is 33.7 Å². The van der Waals surface area contributed by atoms with E-state index in [2.05, 4.69) is 5.28 Å². The van der Waals surface area contributed by atoms with E-state index in [-0.39, 0.29) is 4.97 Å². The van der Waals surface area contributed by atoms with Crippen LogP contribution in [0.3, 0.4) is 0 Å². The zero-order valence-electron chi connectivity index (χ0n) is 18.3. The Morgan fingerprint density at radius 2 is 1.44 bits per heavy atom. The SMILES string of the molecule is CC(=O)OC[C@H]1O[C@@H](O/N=[N+](\[O-])N2CCCC2)[C@H](OC(C)=O)[C@@H](OC(C)=O)[C@H]1OC(C)=O. The maximum atomic E-state index is 12.1. The summed E-state index contributed by atoms with van der Waals surface area (Å²) in [4.78, 5) is 51.8. The Morgan fingerprint density at radius 1 is 0.906 bits per heavy atom. The molecule has 14 nitrogen and oxygen atoms in total. The van der Waals surface area contributed by atoms with Crippen LogP contribution >= 0.6 is 0 Å². The van der Waals surface area contributed by atoms with Crippen LogP contribution in [0.15, 0.2) is 5.28 Å². The molecule has 0 aromatic carbocycles. The summed E-state index contributed by atoms with van der Waals surface area (Å²) in [7, 11) is 0. The molecule has 0 unspecified atom stereocenters. The van der Waals surface area contributed by atoms with Crippen molar-refractivity contribution >= 4 is 23.9 Å². The molecule has 0 bridgehead atoms. The molecule has 180 valence electrons. The first kappa shape index (κ1) is 25.1. The average molecular weight is 461 g/mol. The molecule has 2 fully saturated rings. The van der Waals surface area contributed by atoms with Crippen LogP contribution in [-0.4, -0.2) is 84.3 Å². The molecule has 5 atom stereocenters. The Bertz CT molecular complexity index is 738. The second-order valence-electron chi connectivity index (χ2n) is 7.17. The Labute approximate surface area is 183 Å². The monoisotopic (exact) mass is 461 g/mol. The number of carbonyl (C=O) groups excluding carboxylic acids is 4. The number of carbonyl (C=O) groups is 4. The van der Waals surface area contributed by atoms with Crippen molar-refractivity contribution in [3.05, 3.63) is 5.21 Å². The van der Waals surface area contributed by atoms with E-state index in [0.717, 1.165) is 40.5 Å². The highest BCUT2D eigenvalue weighted by atomic mass is 16.8. The Balaban J connectivity index is 2.35. The van der Waals surface area contributed by atoms with E-state index in [0.29, 0.717) is 13.1 Å². The van der Waals surface area contributed by atoms with Gasteiger partial charge in [0.15, 0.2) is 12.2 Å². The Kier molecular flexibility index (Phi) is 8.99. The highest BCUT2D eigenvalue weighted by molar-refractivity contribution is 5.68. The third-order valence-electron chi connectivity index (χ3n) is 4.49. The number of esters is 4. The van der Waals surface area contributed by atoms with Crippen LogP contribution in [0, 0.1) is 5.21 Å². The quantitative estimate of drug-likeness (QED) is 0.156. The molecule has 0 spiro atoms. The lowest BCUT2D eigenvalue weighted by atomic mass is 9.98. The first-order valence-electron chi connectivity index (χ1n) is 9.98. The topological polar surface area (TPSA) is 165 Å². The number of nitrogens with zero attached hydrogens (tertiary/aromatic N) is 3. The highest BCUT2D eigenvalue weighted by Gasteiger charge is 2.54. The third-order valence-corrected chi connectivity index (χ3v) is 4.49. The predicted octanol–water partition coefficient (Wildman–Crippen LogP) is -0.0256. The molecule has 0 aliphatic carbocycles. The Hall–Kier alpha value is -3.16. The molecule has 0 aromatic heterocycles. The van der Waals surface area contributed by atoms with Gasteiger partial charge in [0.1, 0.15) is 12.7 Å². The van der Waals surface area contributed by atoms with E-state index < -0.39 is 61.2 Å². The van der Waals surface area contributed by atoms with Crippen molar-refractivity contribution in [2.24, 2.45) is 5.28 Å². The first-order chi connectivity index (χ1) is 15.1. The smallest absolute Gasteiger partial charge is 0.303 e. The van der Waals surface area contributed by atoms with Gasteiger partial charge in [-0.3, -0.25) is 19.2 Å². The summed E-state index contributed by atoms with van der Waals surface area (Å²) in [5.74, 6) is -2.98. The van der Waals surface area contributed by atoms with Gasteiger partial charge in [-0.15, -0.1) is 5.01 Å². The molecular formula is C18H27N3O11. The molecule has 2 aliphatic heterocycles. The molecule has 0 amide bonds. The standard InChI is InChI=1S/C18H27N3O11/c1-10(22)27-9-14-15(28-11(2)23)16(29-12(3)24)17(30-13(4)25)18(31-14)32-19-21(26)20-7-5-6-8-20/h14-18H,5-9H2,1-4H3/b21-19-/t14-,15+,16+,17-,18+/m1/s1. The summed E-state index contributed by atoms with van der Waals surface area (Å²) in [6.07, 6.45) is -5.28. The van der Waals surface area contributed by atoms with Crippen molar-refractivity contribution in [2.45, 2.75) is 71.2 Å². The van der Waals surface area contributed by atoms with Gasteiger partial charge in [0.2, 0.25) is 11.4 Å². The van der Waals surface area contributed by atoms with Crippen molar-refractivity contribution in [3.8, 4) is 0 Å². The largest absolute Gasteiger partial charge is 0.569 e. The van der Waals surface area contributed by atoms with Gasteiger partial charge in [-0.25, -0.2) is 0 Å². The fraction of sp³-hybridized carbons (Fsp3) is 0.778. The molecule has 32 heavy (non-hydrogen) atoms. The second kappa shape index (κ2) is 11.5. The summed E-state index contributed by atoms with van der Waals surface area (Å²) in [6, 6.07) is 0. The molecule has 0 saturated carbocycles. The first-order valence-corrected chi connectivity index (χ1v) is 9.98. The third kappa shape index (κ3) is 7.21. The number of rotatable bonds is 8. The van der Waals surface area contributed by atoms with Crippen LogP contribution in [0.4, 0.5) is 0 Å². The molecule has 0 radical (unpaired) electrons. The molecule has 2 aliphatic rings. The minimum atomic E-state index is -1.55. The minimum Gasteiger partial charge on any atom is -0.569 e. The number of ether oxygens (including phenoxy) is 5. The van der Waals surface area contributed by atoms with Crippen molar-refractivity contribution < 1.29 is 52.7 Å². The van der Waals surface area contributed by atoms with Gasteiger partial charge in [-0.05, 0) is 12.8 Å². The zero-order chi connectivity index (χ0) is 23.8. The minimum absolute atomic E-state index is 0.237. The van der Waals surface area contributed by atoms with Crippen LogP contribution in [0.1, 0.15) is 40.5 Å². The molecule has 14 heteroatoms. The lowest BCUT2D eigenvalue weighted by Crippen LogP contribution is -2.62. The van der Waals surface area contributed by atoms with E-state index in [4.69, 9.17) is 28.5 Å². The lowest BCUT2D eigenvalue weighted by molar-refractivity contribution is -0.710. The van der Waals surface area contributed by atoms with Crippen LogP contribution in [0.5, 0.6) is 0 Å². The maximum absolute atomic E-state index is 12.1. The van der Waals surface area contributed by atoms with Gasteiger partial charge in [-0.1, -0.05) is 0 Å². The molecule has 0 N–H and O–H groups in total. The molecule has 2 rings (SSSR count). The van der Waals surface area contributed by atoms with Crippen LogP contribution in [-0.2, 0) is 47.7 Å². The van der Waals surface area contributed by atoms with Gasteiger partial charge in [-0.2, -0.15) is 0 Å². The van der Waals surface area contributed by atoms with E-state index in [1.54, 1.807) is 0 Å². The summed E-state index contributed by atoms with van der Waals surface area (Å²) < 4.78 is 26.3. The molecular weight excluding hydrogens is 434 g/mol. The van der Waals surface area contributed by atoms with Gasteiger partial charge in [0.05, 0.1) is 18.1 Å². The summed E-state index contributed by atoms with van der Waals surface area (Å²) >= 11 is 0. The van der Waals surface area contributed by atoms with Crippen LogP contribution in [0.2, 0.25) is 0 Å². The van der Waals surface area contributed by atoms with E-state index in [9.17, 15) is 24.4 Å². The van der Waals surface area contributed by atoms with Crippen molar-refractivity contribution in [1.29, 1.82) is 0 Å². The lowest BCUT2D eigenvalue weighted by Gasteiger charge is -2.42. The zero-order valence-corrected chi connectivity index (χ0v) is 18.3. The number of hydrazine groups is 1. The normalized spacial score (nSPS) is 27.9. The average Bonchev–Trinajstić information content (AvgIpc) is 3.22. The molecule has 2 heterocycles.